The van der Waals surface area contributed by atoms with Crippen LogP contribution in [0.2, 0.25) is 0 Å². The Kier molecular flexibility index (Phi) is 2.97. The van der Waals surface area contributed by atoms with Crippen molar-refractivity contribution in [3.63, 3.8) is 0 Å². The molecule has 1 N–H and O–H groups in total. The van der Waals surface area contributed by atoms with E-state index in [1.807, 2.05) is 19.1 Å². The second-order valence-electron chi connectivity index (χ2n) is 3.20. The van der Waals surface area contributed by atoms with Crippen LogP contribution in [0.25, 0.3) is 11.3 Å². The van der Waals surface area contributed by atoms with Gasteiger partial charge in [0.05, 0.1) is 5.69 Å². The molecule has 0 aliphatic rings. The standard InChI is InChI=1S/C11H13N3S/c1-3-12-11-14-10(7-15-11)9-5-4-6-13-8(9)2/h4-7H,3H2,1-2H3,(H,12,14). The summed E-state index contributed by atoms with van der Waals surface area (Å²) in [5, 5.41) is 6.23. The molecule has 2 aromatic rings. The van der Waals surface area contributed by atoms with Crippen molar-refractivity contribution in [2.24, 2.45) is 0 Å². The molecule has 2 rings (SSSR count). The Morgan fingerprint density at radius 1 is 1.47 bits per heavy atom. The van der Waals surface area contributed by atoms with Gasteiger partial charge in [-0.25, -0.2) is 4.98 Å². The first kappa shape index (κ1) is 10.1. The second kappa shape index (κ2) is 4.40. The molecule has 0 aliphatic carbocycles. The molecule has 0 radical (unpaired) electrons. The normalized spacial score (nSPS) is 10.3. The van der Waals surface area contributed by atoms with Gasteiger partial charge in [0.25, 0.3) is 0 Å². The topological polar surface area (TPSA) is 37.8 Å². The minimum absolute atomic E-state index is 0.902. The molecule has 2 heterocycles. The van der Waals surface area contributed by atoms with E-state index in [0.717, 1.165) is 28.6 Å². The minimum atomic E-state index is 0.902. The number of hydrogen-bond donors (Lipinski definition) is 1. The first-order valence-corrected chi connectivity index (χ1v) is 5.80. The van der Waals surface area contributed by atoms with Crippen LogP contribution >= 0.6 is 11.3 Å². The van der Waals surface area contributed by atoms with E-state index >= 15 is 0 Å². The number of anilines is 1. The molecule has 0 saturated carbocycles. The van der Waals surface area contributed by atoms with Crippen molar-refractivity contribution in [1.29, 1.82) is 0 Å². The smallest absolute Gasteiger partial charge is 0.183 e. The molecule has 0 amide bonds. The number of hydrogen-bond acceptors (Lipinski definition) is 4. The maximum Gasteiger partial charge on any atom is 0.183 e. The summed E-state index contributed by atoms with van der Waals surface area (Å²) in [5.41, 5.74) is 3.13. The molecule has 0 fully saturated rings. The third kappa shape index (κ3) is 2.15. The zero-order valence-corrected chi connectivity index (χ0v) is 9.64. The summed E-state index contributed by atoms with van der Waals surface area (Å²) < 4.78 is 0. The zero-order valence-electron chi connectivity index (χ0n) is 8.82. The lowest BCUT2D eigenvalue weighted by Crippen LogP contribution is -1.95. The van der Waals surface area contributed by atoms with Gasteiger partial charge in [-0.05, 0) is 26.0 Å². The SMILES string of the molecule is CCNc1nc(-c2cccnc2C)cs1. The van der Waals surface area contributed by atoms with E-state index in [9.17, 15) is 0 Å². The van der Waals surface area contributed by atoms with Crippen molar-refractivity contribution in [2.75, 3.05) is 11.9 Å². The van der Waals surface area contributed by atoms with Gasteiger partial charge in [-0.3, -0.25) is 4.98 Å². The Morgan fingerprint density at radius 2 is 2.33 bits per heavy atom. The molecule has 0 unspecified atom stereocenters. The van der Waals surface area contributed by atoms with Gasteiger partial charge < -0.3 is 5.32 Å². The quantitative estimate of drug-likeness (QED) is 0.862. The predicted molar refractivity (Wildman–Crippen MR) is 64.2 cm³/mol. The number of rotatable bonds is 3. The van der Waals surface area contributed by atoms with Gasteiger partial charge >= 0.3 is 0 Å². The fraction of sp³-hybridized carbons (Fsp3) is 0.273. The molecule has 3 nitrogen and oxygen atoms in total. The van der Waals surface area contributed by atoms with Crippen molar-refractivity contribution in [3.8, 4) is 11.3 Å². The highest BCUT2D eigenvalue weighted by atomic mass is 32.1. The van der Waals surface area contributed by atoms with E-state index in [-0.39, 0.29) is 0 Å². The molecular weight excluding hydrogens is 206 g/mol. The maximum absolute atomic E-state index is 4.50. The Morgan fingerprint density at radius 3 is 3.07 bits per heavy atom. The van der Waals surface area contributed by atoms with Crippen molar-refractivity contribution >= 4 is 16.5 Å². The number of aromatic nitrogens is 2. The summed E-state index contributed by atoms with van der Waals surface area (Å²) in [6, 6.07) is 3.99. The third-order valence-electron chi connectivity index (χ3n) is 2.12. The van der Waals surface area contributed by atoms with E-state index in [0.29, 0.717) is 0 Å². The Balaban J connectivity index is 2.33. The van der Waals surface area contributed by atoms with Gasteiger partial charge in [-0.15, -0.1) is 11.3 Å². The average molecular weight is 219 g/mol. The van der Waals surface area contributed by atoms with E-state index in [4.69, 9.17) is 0 Å². The summed E-state index contributed by atoms with van der Waals surface area (Å²) in [5.74, 6) is 0. The second-order valence-corrected chi connectivity index (χ2v) is 4.06. The van der Waals surface area contributed by atoms with Crippen LogP contribution in [0, 0.1) is 6.92 Å². The average Bonchev–Trinajstić information content (AvgIpc) is 2.68. The Labute approximate surface area is 93.2 Å². The Hall–Kier alpha value is -1.42. The lowest BCUT2D eigenvalue weighted by molar-refractivity contribution is 1.17. The van der Waals surface area contributed by atoms with Crippen molar-refractivity contribution in [2.45, 2.75) is 13.8 Å². The van der Waals surface area contributed by atoms with E-state index < -0.39 is 0 Å². The monoisotopic (exact) mass is 219 g/mol. The van der Waals surface area contributed by atoms with E-state index in [1.54, 1.807) is 17.5 Å². The molecule has 0 spiro atoms. The number of thiazole rings is 1. The van der Waals surface area contributed by atoms with Crippen LogP contribution in [0.3, 0.4) is 0 Å². The molecule has 0 saturated heterocycles. The molecule has 0 aromatic carbocycles. The van der Waals surface area contributed by atoms with Crippen molar-refractivity contribution in [3.05, 3.63) is 29.4 Å². The highest BCUT2D eigenvalue weighted by Crippen LogP contribution is 2.25. The summed E-state index contributed by atoms with van der Waals surface area (Å²) in [7, 11) is 0. The molecule has 0 aliphatic heterocycles. The molecule has 0 atom stereocenters. The van der Waals surface area contributed by atoms with Gasteiger partial charge in [0.15, 0.2) is 5.13 Å². The summed E-state index contributed by atoms with van der Waals surface area (Å²) in [6.07, 6.45) is 1.80. The largest absolute Gasteiger partial charge is 0.362 e. The predicted octanol–water partition coefficient (Wildman–Crippen LogP) is 2.95. The number of pyridine rings is 1. The first-order chi connectivity index (χ1) is 7.31. The molecule has 2 aromatic heterocycles. The van der Waals surface area contributed by atoms with Crippen LogP contribution in [-0.2, 0) is 0 Å². The first-order valence-electron chi connectivity index (χ1n) is 4.92. The molecule has 78 valence electrons. The fourth-order valence-corrected chi connectivity index (χ4v) is 2.17. The van der Waals surface area contributed by atoms with Gasteiger partial charge in [0.1, 0.15) is 0 Å². The van der Waals surface area contributed by atoms with Gasteiger partial charge in [-0.1, -0.05) is 0 Å². The molecule has 4 heteroatoms. The lowest BCUT2D eigenvalue weighted by atomic mass is 10.1. The maximum atomic E-state index is 4.50. The van der Waals surface area contributed by atoms with Crippen LogP contribution in [0.5, 0.6) is 0 Å². The summed E-state index contributed by atoms with van der Waals surface area (Å²) in [6.45, 7) is 4.97. The van der Waals surface area contributed by atoms with Gasteiger partial charge in [0, 0.05) is 29.4 Å². The van der Waals surface area contributed by atoms with Gasteiger partial charge in [-0.2, -0.15) is 0 Å². The van der Waals surface area contributed by atoms with E-state index in [2.05, 4.69) is 27.6 Å². The molecule has 0 bridgehead atoms. The highest BCUT2D eigenvalue weighted by molar-refractivity contribution is 7.14. The van der Waals surface area contributed by atoms with Crippen LogP contribution < -0.4 is 5.32 Å². The van der Waals surface area contributed by atoms with E-state index in [1.165, 1.54) is 0 Å². The van der Waals surface area contributed by atoms with Crippen LogP contribution in [0.4, 0.5) is 5.13 Å². The van der Waals surface area contributed by atoms with Crippen LogP contribution in [-0.4, -0.2) is 16.5 Å². The van der Waals surface area contributed by atoms with Crippen LogP contribution in [0.15, 0.2) is 23.7 Å². The summed E-state index contributed by atoms with van der Waals surface area (Å²) >= 11 is 1.63. The molecule has 15 heavy (non-hydrogen) atoms. The summed E-state index contributed by atoms with van der Waals surface area (Å²) in [4.78, 5) is 8.75. The van der Waals surface area contributed by atoms with Crippen LogP contribution in [0.1, 0.15) is 12.6 Å². The van der Waals surface area contributed by atoms with Gasteiger partial charge in [0.2, 0.25) is 0 Å². The number of nitrogens with one attached hydrogen (secondary N) is 1. The Bertz CT molecular complexity index is 451. The zero-order chi connectivity index (χ0) is 10.7. The number of aryl methyl sites for hydroxylation is 1. The highest BCUT2D eigenvalue weighted by Gasteiger charge is 2.06. The fourth-order valence-electron chi connectivity index (χ4n) is 1.38. The minimum Gasteiger partial charge on any atom is -0.362 e. The van der Waals surface area contributed by atoms with Crippen molar-refractivity contribution in [1.82, 2.24) is 9.97 Å². The lowest BCUT2D eigenvalue weighted by Gasteiger charge is -1.99. The third-order valence-corrected chi connectivity index (χ3v) is 2.92. The van der Waals surface area contributed by atoms with Crippen molar-refractivity contribution < 1.29 is 0 Å². The number of nitrogens with zero attached hydrogens (tertiary/aromatic N) is 2. The molecular formula is C11H13N3S.